The van der Waals surface area contributed by atoms with E-state index in [2.05, 4.69) is 19.7 Å². The number of carbonyl (C=O) groups is 3. The van der Waals surface area contributed by atoms with Crippen LogP contribution in [0.3, 0.4) is 0 Å². The third-order valence-electron chi connectivity index (χ3n) is 1.46. The molecular weight excluding hydrogens is 252 g/mol. The monoisotopic (exact) mass is 272 g/mol. The third kappa shape index (κ3) is 21.5. The Morgan fingerprint density at radius 3 is 1.00 bits per heavy atom. The molecule has 0 radical (unpaired) electrons. The van der Waals surface area contributed by atoms with Gasteiger partial charge in [-0.25, -0.2) is 14.4 Å². The van der Waals surface area contributed by atoms with Gasteiger partial charge in [-0.15, -0.1) is 0 Å². The van der Waals surface area contributed by atoms with Crippen LogP contribution in [0.15, 0.2) is 36.5 Å². The normalized spacial score (nSPS) is 7.74. The van der Waals surface area contributed by atoms with Gasteiger partial charge >= 0.3 is 17.9 Å². The Hall–Kier alpha value is -2.37. The summed E-state index contributed by atoms with van der Waals surface area (Å²) in [6, 6.07) is 0. The van der Waals surface area contributed by atoms with Crippen LogP contribution in [0.5, 0.6) is 0 Å². The van der Waals surface area contributed by atoms with E-state index in [9.17, 15) is 14.4 Å². The van der Waals surface area contributed by atoms with Crippen molar-refractivity contribution >= 4 is 17.9 Å². The molecule has 0 aromatic rings. The summed E-state index contributed by atoms with van der Waals surface area (Å²) in [5, 5.41) is 23.9. The Balaban J connectivity index is -0.000000203. The quantitative estimate of drug-likeness (QED) is 0.677. The first kappa shape index (κ1) is 21.9. The summed E-state index contributed by atoms with van der Waals surface area (Å²) in [5.74, 6) is -2.77. The molecule has 0 fully saturated rings. The fourth-order valence-corrected chi connectivity index (χ4v) is 0.151. The van der Waals surface area contributed by atoms with E-state index in [1.165, 1.54) is 13.8 Å². The van der Waals surface area contributed by atoms with Crippen LogP contribution in [0.4, 0.5) is 0 Å². The first-order valence-corrected chi connectivity index (χ1v) is 5.15. The fraction of sp³-hybridized carbons (Fsp3) is 0.308. The predicted octanol–water partition coefficient (Wildman–Crippen LogP) is 2.33. The van der Waals surface area contributed by atoms with Crippen molar-refractivity contribution < 1.29 is 29.7 Å². The van der Waals surface area contributed by atoms with E-state index in [4.69, 9.17) is 15.3 Å². The van der Waals surface area contributed by atoms with Crippen molar-refractivity contribution in [2.24, 2.45) is 0 Å². The first-order valence-electron chi connectivity index (χ1n) is 5.15. The van der Waals surface area contributed by atoms with Crippen molar-refractivity contribution in [2.75, 3.05) is 0 Å². The molecule has 6 nitrogen and oxygen atoms in total. The molecule has 108 valence electrons. The highest BCUT2D eigenvalue weighted by atomic mass is 16.4. The molecule has 0 rings (SSSR count). The Kier molecular flexibility index (Phi) is 13.9. The standard InChI is InChI=1S/C5H8O2.2C4H6O2/c1-3-4(2)5(6)7;2*1-3(2)4(5)6/h2-3H2,1H3,(H,6,7);2*1H2,2H3,(H,5,6). The second-order valence-corrected chi connectivity index (χ2v) is 3.43. The van der Waals surface area contributed by atoms with Gasteiger partial charge in [0.1, 0.15) is 0 Å². The van der Waals surface area contributed by atoms with Gasteiger partial charge in [0.15, 0.2) is 0 Å². The van der Waals surface area contributed by atoms with E-state index < -0.39 is 17.9 Å². The summed E-state index contributed by atoms with van der Waals surface area (Å²) in [6.45, 7) is 14.2. The number of hydrogen-bond acceptors (Lipinski definition) is 3. The zero-order chi connectivity index (χ0) is 16.2. The van der Waals surface area contributed by atoms with Crippen LogP contribution in [0.25, 0.3) is 0 Å². The molecule has 0 amide bonds. The van der Waals surface area contributed by atoms with Crippen molar-refractivity contribution in [2.45, 2.75) is 27.2 Å². The topological polar surface area (TPSA) is 112 Å². The second kappa shape index (κ2) is 12.1. The van der Waals surface area contributed by atoms with Crippen LogP contribution in [0, 0.1) is 0 Å². The van der Waals surface area contributed by atoms with E-state index >= 15 is 0 Å². The molecule has 0 bridgehead atoms. The van der Waals surface area contributed by atoms with E-state index in [0.717, 1.165) is 0 Å². The van der Waals surface area contributed by atoms with Crippen LogP contribution < -0.4 is 0 Å². The number of aliphatic carboxylic acids is 3. The van der Waals surface area contributed by atoms with E-state index in [1.807, 2.05) is 0 Å². The molecule has 0 heterocycles. The molecule has 0 unspecified atom stereocenters. The van der Waals surface area contributed by atoms with Crippen LogP contribution in [-0.2, 0) is 14.4 Å². The maximum Gasteiger partial charge on any atom is 0.330 e. The van der Waals surface area contributed by atoms with Crippen LogP contribution in [0.2, 0.25) is 0 Å². The minimum atomic E-state index is -0.935. The van der Waals surface area contributed by atoms with Crippen molar-refractivity contribution in [1.82, 2.24) is 0 Å². The fourth-order valence-electron chi connectivity index (χ4n) is 0.151. The van der Waals surface area contributed by atoms with Crippen molar-refractivity contribution in [1.29, 1.82) is 0 Å². The molecular formula is C13H20O6. The molecule has 0 aromatic carbocycles. The summed E-state index contributed by atoms with van der Waals surface area (Å²) in [6.07, 6.45) is 0.523. The lowest BCUT2D eigenvalue weighted by atomic mass is 10.2. The second-order valence-electron chi connectivity index (χ2n) is 3.43. The first-order chi connectivity index (χ1) is 8.47. The van der Waals surface area contributed by atoms with Crippen LogP contribution in [-0.4, -0.2) is 33.2 Å². The van der Waals surface area contributed by atoms with Gasteiger partial charge < -0.3 is 15.3 Å². The molecule has 6 heteroatoms. The molecule has 0 atom stereocenters. The minimum absolute atomic E-state index is 0.176. The Morgan fingerprint density at radius 1 is 0.789 bits per heavy atom. The van der Waals surface area contributed by atoms with Gasteiger partial charge in [0, 0.05) is 16.7 Å². The molecule has 0 aliphatic carbocycles. The molecule has 0 aromatic heterocycles. The van der Waals surface area contributed by atoms with Gasteiger partial charge in [-0.1, -0.05) is 26.7 Å². The summed E-state index contributed by atoms with van der Waals surface area (Å²) in [5.41, 5.74) is 0.616. The Morgan fingerprint density at radius 2 is 1.00 bits per heavy atom. The Bertz CT molecular complexity index is 331. The van der Waals surface area contributed by atoms with Crippen molar-refractivity contribution in [3.63, 3.8) is 0 Å². The summed E-state index contributed by atoms with van der Waals surface area (Å²) < 4.78 is 0. The lowest BCUT2D eigenvalue weighted by molar-refractivity contribution is -0.133. The minimum Gasteiger partial charge on any atom is -0.478 e. The molecule has 0 saturated heterocycles. The highest BCUT2D eigenvalue weighted by Gasteiger charge is 1.96. The smallest absolute Gasteiger partial charge is 0.330 e. The van der Waals surface area contributed by atoms with Gasteiger partial charge in [-0.2, -0.15) is 0 Å². The number of carboxylic acid groups (broad SMARTS) is 3. The summed E-state index contributed by atoms with van der Waals surface area (Å²) >= 11 is 0. The number of rotatable bonds is 4. The lowest BCUT2D eigenvalue weighted by Gasteiger charge is -1.87. The van der Waals surface area contributed by atoms with E-state index in [0.29, 0.717) is 6.42 Å². The molecule has 0 aliphatic heterocycles. The van der Waals surface area contributed by atoms with Gasteiger partial charge in [0.2, 0.25) is 0 Å². The van der Waals surface area contributed by atoms with E-state index in [-0.39, 0.29) is 16.7 Å². The van der Waals surface area contributed by atoms with Crippen molar-refractivity contribution in [3.8, 4) is 0 Å². The predicted molar refractivity (Wildman–Crippen MR) is 72.0 cm³/mol. The lowest BCUT2D eigenvalue weighted by Crippen LogP contribution is -1.95. The van der Waals surface area contributed by atoms with Crippen molar-refractivity contribution in [3.05, 3.63) is 36.5 Å². The average molecular weight is 272 g/mol. The van der Waals surface area contributed by atoms with Gasteiger partial charge in [0.25, 0.3) is 0 Å². The van der Waals surface area contributed by atoms with E-state index in [1.54, 1.807) is 6.92 Å². The maximum atomic E-state index is 9.83. The molecule has 0 saturated carbocycles. The zero-order valence-corrected chi connectivity index (χ0v) is 11.4. The molecule has 0 aliphatic rings. The molecule has 3 N–H and O–H groups in total. The number of carboxylic acids is 3. The largest absolute Gasteiger partial charge is 0.478 e. The highest BCUT2D eigenvalue weighted by molar-refractivity contribution is 5.85. The van der Waals surface area contributed by atoms with Gasteiger partial charge in [0.05, 0.1) is 0 Å². The molecule has 19 heavy (non-hydrogen) atoms. The van der Waals surface area contributed by atoms with Crippen LogP contribution >= 0.6 is 0 Å². The third-order valence-corrected chi connectivity index (χ3v) is 1.46. The highest BCUT2D eigenvalue weighted by Crippen LogP contribution is 1.93. The summed E-state index contributed by atoms with van der Waals surface area (Å²) in [7, 11) is 0. The van der Waals surface area contributed by atoms with Gasteiger partial charge in [-0.3, -0.25) is 0 Å². The Labute approximate surface area is 112 Å². The summed E-state index contributed by atoms with van der Waals surface area (Å²) in [4.78, 5) is 29.0. The maximum absolute atomic E-state index is 9.83. The number of hydrogen-bond donors (Lipinski definition) is 3. The SMILES string of the molecule is C=C(C)C(=O)O.C=C(C)C(=O)O.C=C(CC)C(=O)O. The molecule has 0 spiro atoms. The van der Waals surface area contributed by atoms with Gasteiger partial charge in [-0.05, 0) is 20.3 Å². The van der Waals surface area contributed by atoms with Crippen LogP contribution in [0.1, 0.15) is 27.2 Å². The average Bonchev–Trinajstić information content (AvgIpc) is 2.29. The zero-order valence-electron chi connectivity index (χ0n) is 11.4.